The number of hydrogen-bond donors (Lipinski definition) is 0. The first-order valence-electron chi connectivity index (χ1n) is 2.41. The number of ketones is 1. The van der Waals surface area contributed by atoms with Gasteiger partial charge in [-0.1, -0.05) is 0 Å². The monoisotopic (exact) mass is 91.1 g/mol. The van der Waals surface area contributed by atoms with Gasteiger partial charge in [0.05, 0.1) is 0 Å². The summed E-state index contributed by atoms with van der Waals surface area (Å²) in [7, 11) is 0. The Balaban J connectivity index is 0.000000360. The maximum atomic E-state index is 10.2. The molecule has 0 aromatic heterocycles. The van der Waals surface area contributed by atoms with Gasteiger partial charge in [-0.25, -0.2) is 0 Å². The van der Waals surface area contributed by atoms with Crippen LogP contribution >= 0.6 is 0 Å². The van der Waals surface area contributed by atoms with E-state index in [1.54, 1.807) is 0 Å². The number of rotatable bonds is 0. The van der Waals surface area contributed by atoms with E-state index in [2.05, 4.69) is 0 Å². The summed E-state index contributed by atoms with van der Waals surface area (Å²) in [4.78, 5) is 10.2. The van der Waals surface area contributed by atoms with Gasteiger partial charge in [-0.15, -0.1) is 0 Å². The average Bonchev–Trinajstić information content (AvgIpc) is 1.86. The zero-order chi connectivity index (χ0) is 4.41. The van der Waals surface area contributed by atoms with Crippen molar-refractivity contribution in [3.63, 3.8) is 0 Å². The van der Waals surface area contributed by atoms with Crippen molar-refractivity contribution in [1.29, 1.82) is 0 Å². The van der Waals surface area contributed by atoms with Crippen molar-refractivity contribution >= 4 is 24.6 Å². The van der Waals surface area contributed by atoms with Crippen LogP contribution in [0.1, 0.15) is 25.7 Å². The molecule has 0 aromatic carbocycles. The second-order valence-corrected chi connectivity index (χ2v) is 1.75. The van der Waals surface area contributed by atoms with E-state index < -0.39 is 0 Å². The number of hydrogen-bond acceptors (Lipinski definition) is 1. The Labute approximate surface area is 55.7 Å². The minimum atomic E-state index is 0. The van der Waals surface area contributed by atoms with E-state index in [1.165, 1.54) is 0 Å². The van der Waals surface area contributed by atoms with Crippen molar-refractivity contribution in [2.24, 2.45) is 0 Å². The molecule has 7 heavy (non-hydrogen) atoms. The van der Waals surface area contributed by atoms with E-state index in [9.17, 15) is 4.79 Å². The zero-order valence-corrected chi connectivity index (χ0v) is 4.74. The third kappa shape index (κ3) is 2.16. The van der Waals surface area contributed by atoms with E-state index in [0.717, 1.165) is 25.7 Å². The Kier molecular flexibility index (Phi) is 3.42. The van der Waals surface area contributed by atoms with Gasteiger partial charge in [-0.3, -0.25) is 4.79 Å². The van der Waals surface area contributed by atoms with E-state index in [-0.39, 0.29) is 18.9 Å². The van der Waals surface area contributed by atoms with Crippen LogP contribution in [-0.2, 0) is 4.79 Å². The largest absolute Gasteiger partial charge is 0.300 e. The molecular weight excluding hydrogens is 83.0 g/mol. The van der Waals surface area contributed by atoms with Gasteiger partial charge in [-0.2, -0.15) is 0 Å². The van der Waals surface area contributed by atoms with E-state index in [1.807, 2.05) is 0 Å². The Morgan fingerprint density at radius 2 is 1.57 bits per heavy atom. The summed E-state index contributed by atoms with van der Waals surface area (Å²) in [6, 6.07) is 0. The second kappa shape index (κ2) is 3.29. The zero-order valence-electron chi connectivity index (χ0n) is 4.74. The summed E-state index contributed by atoms with van der Waals surface area (Å²) in [5, 5.41) is 0. The molecule has 1 radical (unpaired) electrons. The van der Waals surface area contributed by atoms with Gasteiger partial charge in [0.2, 0.25) is 0 Å². The van der Waals surface area contributed by atoms with Crippen LogP contribution in [0.3, 0.4) is 0 Å². The Hall–Kier alpha value is 0.267. The van der Waals surface area contributed by atoms with Crippen molar-refractivity contribution in [1.82, 2.24) is 0 Å². The molecule has 0 atom stereocenters. The normalized spacial score (nSPS) is 19.1. The van der Waals surface area contributed by atoms with Gasteiger partial charge in [0.15, 0.2) is 0 Å². The van der Waals surface area contributed by atoms with Crippen LogP contribution in [0.4, 0.5) is 0 Å². The molecule has 2 heteroatoms. The summed E-state index contributed by atoms with van der Waals surface area (Å²) >= 11 is 0. The van der Waals surface area contributed by atoms with Crippen LogP contribution in [0.15, 0.2) is 0 Å². The summed E-state index contributed by atoms with van der Waals surface area (Å²) < 4.78 is 0. The molecule has 1 saturated carbocycles. The van der Waals surface area contributed by atoms with Gasteiger partial charge in [-0.05, 0) is 12.8 Å². The summed E-state index contributed by atoms with van der Waals surface area (Å²) in [6.07, 6.45) is 3.97. The molecule has 0 amide bonds. The molecule has 35 valence electrons. The topological polar surface area (TPSA) is 17.1 Å². The minimum absolute atomic E-state index is 0. The third-order valence-corrected chi connectivity index (χ3v) is 1.16. The Bertz CT molecular complexity index is 62.5. The molecule has 0 saturated heterocycles. The van der Waals surface area contributed by atoms with Crippen LogP contribution < -0.4 is 0 Å². The number of carbonyl (C=O) groups is 1. The standard InChI is InChI=1S/C5H8O.Li/c6-5-3-1-2-4-5;/h1-4H2;. The molecule has 1 rings (SSSR count). The summed E-state index contributed by atoms with van der Waals surface area (Å²) in [5.41, 5.74) is 0. The fourth-order valence-electron chi connectivity index (χ4n) is 0.769. The molecule has 1 fully saturated rings. The SMILES string of the molecule is O=C1CCCC1.[Li]. The van der Waals surface area contributed by atoms with Crippen molar-refractivity contribution in [2.45, 2.75) is 25.7 Å². The van der Waals surface area contributed by atoms with E-state index >= 15 is 0 Å². The molecule has 0 aliphatic heterocycles. The molecule has 0 aromatic rings. The molecule has 0 N–H and O–H groups in total. The van der Waals surface area contributed by atoms with Crippen molar-refractivity contribution in [3.05, 3.63) is 0 Å². The summed E-state index contributed by atoms with van der Waals surface area (Å²) in [6.45, 7) is 0. The maximum Gasteiger partial charge on any atom is 0.132 e. The summed E-state index contributed by atoms with van der Waals surface area (Å²) in [5.74, 6) is 0.454. The number of carbonyl (C=O) groups excluding carboxylic acids is 1. The van der Waals surface area contributed by atoms with E-state index in [4.69, 9.17) is 0 Å². The fraction of sp³-hybridized carbons (Fsp3) is 0.800. The van der Waals surface area contributed by atoms with Gasteiger partial charge in [0.25, 0.3) is 0 Å². The van der Waals surface area contributed by atoms with Gasteiger partial charge >= 0.3 is 0 Å². The molecule has 1 aliphatic carbocycles. The van der Waals surface area contributed by atoms with Crippen LogP contribution in [-0.4, -0.2) is 24.6 Å². The molecule has 1 nitrogen and oxygen atoms in total. The Morgan fingerprint density at radius 3 is 1.71 bits per heavy atom. The first-order valence-corrected chi connectivity index (χ1v) is 2.41. The van der Waals surface area contributed by atoms with Crippen molar-refractivity contribution < 1.29 is 4.79 Å². The first-order chi connectivity index (χ1) is 2.89. The average molecular weight is 91.1 g/mol. The third-order valence-electron chi connectivity index (χ3n) is 1.16. The number of Topliss-reactive ketones (excluding diaryl/α,β-unsaturated/α-hetero) is 1. The van der Waals surface area contributed by atoms with Crippen LogP contribution in [0.5, 0.6) is 0 Å². The fourth-order valence-corrected chi connectivity index (χ4v) is 0.769. The molecule has 0 heterocycles. The molecule has 0 unspecified atom stereocenters. The predicted octanol–water partition coefficient (Wildman–Crippen LogP) is 0.749. The van der Waals surface area contributed by atoms with Crippen LogP contribution in [0.25, 0.3) is 0 Å². The molecule has 0 spiro atoms. The first kappa shape index (κ1) is 7.27. The van der Waals surface area contributed by atoms with Gasteiger partial charge in [0, 0.05) is 31.7 Å². The molecule has 1 aliphatic rings. The van der Waals surface area contributed by atoms with Gasteiger partial charge < -0.3 is 0 Å². The van der Waals surface area contributed by atoms with Crippen molar-refractivity contribution in [2.75, 3.05) is 0 Å². The quantitative estimate of drug-likeness (QED) is 0.402. The Morgan fingerprint density at radius 1 is 1.14 bits per heavy atom. The van der Waals surface area contributed by atoms with Crippen LogP contribution in [0, 0.1) is 0 Å². The predicted molar refractivity (Wildman–Crippen MR) is 29.2 cm³/mol. The second-order valence-electron chi connectivity index (χ2n) is 1.75. The molecule has 0 bridgehead atoms. The van der Waals surface area contributed by atoms with Crippen LogP contribution in [0.2, 0.25) is 0 Å². The molecular formula is C5H8LiO. The maximum absolute atomic E-state index is 10.2. The van der Waals surface area contributed by atoms with E-state index in [0.29, 0.717) is 5.78 Å². The minimum Gasteiger partial charge on any atom is -0.300 e. The smallest absolute Gasteiger partial charge is 0.132 e. The van der Waals surface area contributed by atoms with Crippen molar-refractivity contribution in [3.8, 4) is 0 Å². The van der Waals surface area contributed by atoms with Gasteiger partial charge in [0.1, 0.15) is 5.78 Å².